The Kier molecular flexibility index (Phi) is 3.96. The summed E-state index contributed by atoms with van der Waals surface area (Å²) in [5.74, 6) is -1.13. The maximum absolute atomic E-state index is 10.5. The van der Waals surface area contributed by atoms with Crippen LogP contribution < -0.4 is 5.73 Å². The summed E-state index contributed by atoms with van der Waals surface area (Å²) < 4.78 is 0. The topological polar surface area (TPSA) is 104 Å². The number of hydrogen-bond donors (Lipinski definition) is 3. The number of nitrogens with two attached hydrogens (primary N) is 1. The van der Waals surface area contributed by atoms with E-state index in [2.05, 4.69) is 0 Å². The summed E-state index contributed by atoms with van der Waals surface area (Å²) in [5, 5.41) is 17.1. The van der Waals surface area contributed by atoms with Crippen LogP contribution in [0.25, 0.3) is 0 Å². The molecule has 1 rings (SSSR count). The zero-order chi connectivity index (χ0) is 9.30. The highest BCUT2D eigenvalue weighted by Crippen LogP contribution is 2.16. The van der Waals surface area contributed by atoms with Gasteiger partial charge in [-0.15, -0.1) is 12.4 Å². The summed E-state index contributed by atoms with van der Waals surface area (Å²) in [6.07, 6.45) is -1.03. The molecule has 1 heterocycles. The predicted molar refractivity (Wildman–Crippen MR) is 46.0 cm³/mol. The molecule has 0 saturated carbocycles. The van der Waals surface area contributed by atoms with E-state index in [1.54, 1.807) is 0 Å². The first-order chi connectivity index (χ1) is 5.52. The van der Waals surface area contributed by atoms with Gasteiger partial charge in [0.1, 0.15) is 6.04 Å². The van der Waals surface area contributed by atoms with E-state index in [0.29, 0.717) is 0 Å². The molecule has 0 aromatic carbocycles. The standard InChI is InChI=1S/C6H10N2O4.ClH/c7-3-1-4(5(9)10)8(2-3)6(11)12;/h3-4H,1-2,7H2,(H,9,10)(H,11,12);1H/t3-,4-;/m0./s1. The lowest BCUT2D eigenvalue weighted by Crippen LogP contribution is -2.39. The van der Waals surface area contributed by atoms with Gasteiger partial charge in [-0.05, 0) is 6.42 Å². The fourth-order valence-corrected chi connectivity index (χ4v) is 1.31. The van der Waals surface area contributed by atoms with Crippen molar-refractivity contribution in [3.05, 3.63) is 0 Å². The SMILES string of the molecule is Cl.N[C@H]1C[C@@H](C(=O)O)N(C(=O)O)C1. The van der Waals surface area contributed by atoms with Crippen LogP contribution in [0.5, 0.6) is 0 Å². The Morgan fingerprint density at radius 3 is 2.23 bits per heavy atom. The number of carbonyl (C=O) groups is 2. The fraction of sp³-hybridized carbons (Fsp3) is 0.667. The molecule has 4 N–H and O–H groups in total. The van der Waals surface area contributed by atoms with Crippen LogP contribution in [0.2, 0.25) is 0 Å². The molecular weight excluding hydrogens is 200 g/mol. The van der Waals surface area contributed by atoms with E-state index in [-0.39, 0.29) is 31.4 Å². The molecule has 1 saturated heterocycles. The maximum atomic E-state index is 10.5. The van der Waals surface area contributed by atoms with Gasteiger partial charge in [-0.2, -0.15) is 0 Å². The molecule has 1 amide bonds. The molecule has 0 aromatic heterocycles. The number of likely N-dealkylation sites (tertiary alicyclic amines) is 1. The zero-order valence-corrected chi connectivity index (χ0v) is 7.53. The molecule has 0 bridgehead atoms. The third-order valence-electron chi connectivity index (χ3n) is 1.86. The van der Waals surface area contributed by atoms with Crippen LogP contribution in [0, 0.1) is 0 Å². The van der Waals surface area contributed by atoms with Crippen LogP contribution in [0.1, 0.15) is 6.42 Å². The third kappa shape index (κ3) is 2.46. The van der Waals surface area contributed by atoms with Gasteiger partial charge in [-0.1, -0.05) is 0 Å². The van der Waals surface area contributed by atoms with Gasteiger partial charge in [0.05, 0.1) is 0 Å². The minimum absolute atomic E-state index is 0. The van der Waals surface area contributed by atoms with Crippen molar-refractivity contribution in [3.63, 3.8) is 0 Å². The quantitative estimate of drug-likeness (QED) is 0.545. The normalized spacial score (nSPS) is 26.7. The molecule has 76 valence electrons. The van der Waals surface area contributed by atoms with Gasteiger partial charge in [0.15, 0.2) is 0 Å². The van der Waals surface area contributed by atoms with Crippen LogP contribution in [0.3, 0.4) is 0 Å². The van der Waals surface area contributed by atoms with Gasteiger partial charge in [0, 0.05) is 12.6 Å². The third-order valence-corrected chi connectivity index (χ3v) is 1.86. The lowest BCUT2D eigenvalue weighted by Gasteiger charge is -2.16. The lowest BCUT2D eigenvalue weighted by atomic mass is 10.2. The first kappa shape index (κ1) is 12.0. The molecule has 1 aliphatic heterocycles. The van der Waals surface area contributed by atoms with Crippen LogP contribution in [-0.2, 0) is 4.79 Å². The molecular formula is C6H11ClN2O4. The first-order valence-corrected chi connectivity index (χ1v) is 3.50. The van der Waals surface area contributed by atoms with Crippen molar-refractivity contribution >= 4 is 24.5 Å². The second kappa shape index (κ2) is 4.29. The number of nitrogens with zero attached hydrogens (tertiary/aromatic N) is 1. The van der Waals surface area contributed by atoms with E-state index in [1.165, 1.54) is 0 Å². The maximum Gasteiger partial charge on any atom is 0.408 e. The number of carboxylic acids is 1. The number of hydrogen-bond acceptors (Lipinski definition) is 3. The minimum atomic E-state index is -1.23. The first-order valence-electron chi connectivity index (χ1n) is 3.50. The van der Waals surface area contributed by atoms with Crippen LogP contribution in [0.15, 0.2) is 0 Å². The number of carboxylic acid groups (broad SMARTS) is 2. The average molecular weight is 211 g/mol. The van der Waals surface area contributed by atoms with Crippen LogP contribution in [-0.4, -0.2) is 45.8 Å². The number of amides is 1. The largest absolute Gasteiger partial charge is 0.480 e. The number of halogens is 1. The Balaban J connectivity index is 0.00000144. The van der Waals surface area contributed by atoms with Crippen molar-refractivity contribution in [1.29, 1.82) is 0 Å². The van der Waals surface area contributed by atoms with Crippen molar-refractivity contribution in [2.24, 2.45) is 5.73 Å². The second-order valence-electron chi connectivity index (χ2n) is 2.78. The van der Waals surface area contributed by atoms with E-state index in [9.17, 15) is 9.59 Å². The fourth-order valence-electron chi connectivity index (χ4n) is 1.31. The smallest absolute Gasteiger partial charge is 0.408 e. The monoisotopic (exact) mass is 210 g/mol. The molecule has 0 spiro atoms. The van der Waals surface area contributed by atoms with E-state index in [0.717, 1.165) is 4.90 Å². The van der Waals surface area contributed by atoms with Gasteiger partial charge in [-0.25, -0.2) is 9.59 Å². The number of aliphatic carboxylic acids is 1. The summed E-state index contributed by atoms with van der Waals surface area (Å²) >= 11 is 0. The average Bonchev–Trinajstić information content (AvgIpc) is 2.31. The Labute approximate surface area is 80.7 Å². The Hall–Kier alpha value is -1.01. The van der Waals surface area contributed by atoms with Crippen molar-refractivity contribution in [2.75, 3.05) is 6.54 Å². The van der Waals surface area contributed by atoms with E-state index >= 15 is 0 Å². The molecule has 6 nitrogen and oxygen atoms in total. The van der Waals surface area contributed by atoms with Crippen LogP contribution in [0.4, 0.5) is 4.79 Å². The Morgan fingerprint density at radius 2 is 1.92 bits per heavy atom. The molecule has 0 aliphatic carbocycles. The summed E-state index contributed by atoms with van der Waals surface area (Å²) in [6, 6.07) is -1.33. The highest BCUT2D eigenvalue weighted by molar-refractivity contribution is 5.85. The van der Waals surface area contributed by atoms with E-state index in [1.807, 2.05) is 0 Å². The molecule has 1 fully saturated rings. The highest BCUT2D eigenvalue weighted by Gasteiger charge is 2.38. The Bertz CT molecular complexity index is 201. The van der Waals surface area contributed by atoms with E-state index < -0.39 is 18.1 Å². The lowest BCUT2D eigenvalue weighted by molar-refractivity contribution is -0.141. The van der Waals surface area contributed by atoms with Gasteiger partial charge >= 0.3 is 12.1 Å². The molecule has 0 aromatic rings. The minimum Gasteiger partial charge on any atom is -0.480 e. The Morgan fingerprint density at radius 1 is 1.38 bits per heavy atom. The predicted octanol–water partition coefficient (Wildman–Crippen LogP) is -0.428. The highest BCUT2D eigenvalue weighted by atomic mass is 35.5. The zero-order valence-electron chi connectivity index (χ0n) is 6.71. The van der Waals surface area contributed by atoms with Gasteiger partial charge in [0.2, 0.25) is 0 Å². The van der Waals surface area contributed by atoms with Gasteiger partial charge in [-0.3, -0.25) is 4.90 Å². The summed E-state index contributed by atoms with van der Waals surface area (Å²) in [7, 11) is 0. The summed E-state index contributed by atoms with van der Waals surface area (Å²) in [6.45, 7) is 0.103. The van der Waals surface area contributed by atoms with E-state index in [4.69, 9.17) is 15.9 Å². The van der Waals surface area contributed by atoms with Gasteiger partial charge < -0.3 is 15.9 Å². The van der Waals surface area contributed by atoms with Crippen molar-refractivity contribution in [1.82, 2.24) is 4.90 Å². The molecule has 0 radical (unpaired) electrons. The van der Waals surface area contributed by atoms with Gasteiger partial charge in [0.25, 0.3) is 0 Å². The molecule has 7 heteroatoms. The van der Waals surface area contributed by atoms with Crippen molar-refractivity contribution in [3.8, 4) is 0 Å². The molecule has 1 aliphatic rings. The van der Waals surface area contributed by atoms with Crippen LogP contribution >= 0.6 is 12.4 Å². The van der Waals surface area contributed by atoms with Crippen molar-refractivity contribution in [2.45, 2.75) is 18.5 Å². The second-order valence-corrected chi connectivity index (χ2v) is 2.78. The molecule has 0 unspecified atom stereocenters. The molecule has 2 atom stereocenters. The molecule has 13 heavy (non-hydrogen) atoms. The number of rotatable bonds is 1. The summed E-state index contributed by atoms with van der Waals surface area (Å²) in [4.78, 5) is 21.8. The van der Waals surface area contributed by atoms with Crippen molar-refractivity contribution < 1.29 is 19.8 Å². The summed E-state index contributed by atoms with van der Waals surface area (Å²) in [5.41, 5.74) is 5.42.